The third-order valence-electron chi connectivity index (χ3n) is 3.90. The van der Waals surface area contributed by atoms with Crippen molar-refractivity contribution in [3.63, 3.8) is 0 Å². The molecule has 116 valence electrons. The van der Waals surface area contributed by atoms with Gasteiger partial charge in [-0.2, -0.15) is 0 Å². The van der Waals surface area contributed by atoms with E-state index in [0.717, 1.165) is 12.8 Å². The van der Waals surface area contributed by atoms with Crippen LogP contribution >= 0.6 is 0 Å². The summed E-state index contributed by atoms with van der Waals surface area (Å²) in [5, 5.41) is 10.9. The van der Waals surface area contributed by atoms with Crippen LogP contribution in [0.2, 0.25) is 0 Å². The molecule has 0 rings (SSSR count). The van der Waals surface area contributed by atoms with Gasteiger partial charge >= 0.3 is 0 Å². The largest absolute Gasteiger partial charge is 0.392 e. The number of rotatable bonds is 6. The van der Waals surface area contributed by atoms with Gasteiger partial charge in [-0.15, -0.1) is 0 Å². The van der Waals surface area contributed by atoms with Crippen molar-refractivity contribution in [3.8, 4) is 0 Å². The van der Waals surface area contributed by atoms with Crippen molar-refractivity contribution >= 4 is 0 Å². The smallest absolute Gasteiger partial charge is 0.0643 e. The van der Waals surface area contributed by atoms with Gasteiger partial charge in [0.1, 0.15) is 0 Å². The van der Waals surface area contributed by atoms with Gasteiger partial charge in [0.25, 0.3) is 0 Å². The Morgan fingerprint density at radius 2 is 1.16 bits per heavy atom. The lowest BCUT2D eigenvalue weighted by Crippen LogP contribution is -2.46. The van der Waals surface area contributed by atoms with Crippen LogP contribution in [0, 0.1) is 16.2 Å². The van der Waals surface area contributed by atoms with Crippen LogP contribution in [0.15, 0.2) is 0 Å². The van der Waals surface area contributed by atoms with Crippen molar-refractivity contribution in [2.45, 2.75) is 86.9 Å². The van der Waals surface area contributed by atoms with E-state index in [1.807, 2.05) is 0 Å². The zero-order valence-electron chi connectivity index (χ0n) is 14.8. The van der Waals surface area contributed by atoms with Gasteiger partial charge in [-0.25, -0.2) is 0 Å². The first-order chi connectivity index (χ1) is 8.13. The lowest BCUT2D eigenvalue weighted by Gasteiger charge is -2.46. The van der Waals surface area contributed by atoms with Gasteiger partial charge in [-0.3, -0.25) is 0 Å². The molecule has 1 unspecified atom stereocenters. The van der Waals surface area contributed by atoms with Crippen molar-refractivity contribution in [2.24, 2.45) is 16.2 Å². The molecule has 0 aliphatic rings. The van der Waals surface area contributed by atoms with E-state index in [4.69, 9.17) is 4.74 Å². The molecule has 1 atom stereocenters. The summed E-state index contributed by atoms with van der Waals surface area (Å²) in [4.78, 5) is 0. The monoisotopic (exact) mass is 272 g/mol. The van der Waals surface area contributed by atoms with Gasteiger partial charge in [-0.1, -0.05) is 48.5 Å². The Morgan fingerprint density at radius 3 is 1.47 bits per heavy atom. The van der Waals surface area contributed by atoms with Crippen molar-refractivity contribution in [2.75, 3.05) is 7.11 Å². The summed E-state index contributed by atoms with van der Waals surface area (Å²) < 4.78 is 5.53. The fourth-order valence-electron chi connectivity index (χ4n) is 3.79. The summed E-state index contributed by atoms with van der Waals surface area (Å²) in [6, 6.07) is 0. The zero-order chi connectivity index (χ0) is 15.7. The number of aliphatic hydroxyl groups excluding tert-OH is 1. The normalized spacial score (nSPS) is 16.6. The second-order valence-corrected chi connectivity index (χ2v) is 9.26. The molecule has 1 N–H and O–H groups in total. The molecule has 19 heavy (non-hydrogen) atoms. The molecule has 0 aliphatic heterocycles. The van der Waals surface area contributed by atoms with Crippen LogP contribution in [0.5, 0.6) is 0 Å². The van der Waals surface area contributed by atoms with Gasteiger partial charge in [0.15, 0.2) is 0 Å². The number of ether oxygens (including phenoxy) is 1. The highest BCUT2D eigenvalue weighted by molar-refractivity contribution is 4.94. The molecule has 0 fully saturated rings. The fraction of sp³-hybridized carbons (Fsp3) is 1.00. The fourth-order valence-corrected chi connectivity index (χ4v) is 3.79. The Bertz CT molecular complexity index is 282. The Kier molecular flexibility index (Phi) is 5.71. The van der Waals surface area contributed by atoms with Crippen LogP contribution in [0.4, 0.5) is 0 Å². The SMILES string of the molecule is COC(C)(C)CC(C)(C)C(O)C(C)(C)CC(C)(C)C. The Morgan fingerprint density at radius 1 is 0.789 bits per heavy atom. The Hall–Kier alpha value is -0.0800. The molecule has 0 aromatic rings. The molecule has 0 aliphatic carbocycles. The highest BCUT2D eigenvalue weighted by Gasteiger charge is 2.43. The molecule has 2 nitrogen and oxygen atoms in total. The summed E-state index contributed by atoms with van der Waals surface area (Å²) in [6.45, 7) is 19.5. The van der Waals surface area contributed by atoms with Gasteiger partial charge in [-0.05, 0) is 42.9 Å². The first-order valence-corrected chi connectivity index (χ1v) is 7.36. The van der Waals surface area contributed by atoms with Crippen molar-refractivity contribution in [3.05, 3.63) is 0 Å². The number of methoxy groups -OCH3 is 1. The predicted octanol–water partition coefficient (Wildman–Crippen LogP) is 4.65. The molecule has 0 aromatic carbocycles. The van der Waals surface area contributed by atoms with Crippen LogP contribution < -0.4 is 0 Å². The van der Waals surface area contributed by atoms with Crippen LogP contribution in [0.1, 0.15) is 75.2 Å². The van der Waals surface area contributed by atoms with Gasteiger partial charge in [0.2, 0.25) is 0 Å². The van der Waals surface area contributed by atoms with E-state index < -0.39 is 0 Å². The predicted molar refractivity (Wildman–Crippen MR) is 83.3 cm³/mol. The summed E-state index contributed by atoms with van der Waals surface area (Å²) in [7, 11) is 1.74. The minimum absolute atomic E-state index is 0.106. The molecule has 0 bridgehead atoms. The summed E-state index contributed by atoms with van der Waals surface area (Å²) >= 11 is 0. The maximum Gasteiger partial charge on any atom is 0.0643 e. The summed E-state index contributed by atoms with van der Waals surface area (Å²) in [6.07, 6.45) is 1.48. The maximum atomic E-state index is 10.9. The molecule has 2 heteroatoms. The van der Waals surface area contributed by atoms with E-state index in [9.17, 15) is 5.11 Å². The Labute approximate surface area is 120 Å². The van der Waals surface area contributed by atoms with E-state index in [1.54, 1.807) is 7.11 Å². The number of aliphatic hydroxyl groups is 1. The zero-order valence-corrected chi connectivity index (χ0v) is 14.8. The van der Waals surface area contributed by atoms with Crippen molar-refractivity contribution < 1.29 is 9.84 Å². The molecule has 0 amide bonds. The van der Waals surface area contributed by atoms with Gasteiger partial charge in [0, 0.05) is 7.11 Å². The van der Waals surface area contributed by atoms with Crippen LogP contribution in [-0.4, -0.2) is 23.9 Å². The van der Waals surface area contributed by atoms with Crippen LogP contribution in [0.3, 0.4) is 0 Å². The second-order valence-electron chi connectivity index (χ2n) is 9.26. The van der Waals surface area contributed by atoms with Crippen molar-refractivity contribution in [1.29, 1.82) is 0 Å². The average molecular weight is 272 g/mol. The molecule has 0 heterocycles. The quantitative estimate of drug-likeness (QED) is 0.762. The molecule has 0 spiro atoms. The van der Waals surface area contributed by atoms with Gasteiger partial charge in [0.05, 0.1) is 11.7 Å². The first kappa shape index (κ1) is 18.9. The summed E-state index contributed by atoms with van der Waals surface area (Å²) in [5.74, 6) is 0. The lowest BCUT2D eigenvalue weighted by atomic mass is 9.63. The van der Waals surface area contributed by atoms with Crippen LogP contribution in [-0.2, 0) is 4.74 Å². The minimum Gasteiger partial charge on any atom is -0.392 e. The van der Waals surface area contributed by atoms with E-state index in [2.05, 4.69) is 62.3 Å². The second kappa shape index (κ2) is 5.73. The third kappa shape index (κ3) is 6.27. The van der Waals surface area contributed by atoms with E-state index in [0.29, 0.717) is 0 Å². The Balaban J connectivity index is 5.01. The van der Waals surface area contributed by atoms with E-state index in [-0.39, 0.29) is 27.9 Å². The molecular weight excluding hydrogens is 236 g/mol. The first-order valence-electron chi connectivity index (χ1n) is 7.36. The number of hydrogen-bond donors (Lipinski definition) is 1. The highest BCUT2D eigenvalue weighted by atomic mass is 16.5. The molecule has 0 radical (unpaired) electrons. The van der Waals surface area contributed by atoms with E-state index in [1.165, 1.54) is 0 Å². The van der Waals surface area contributed by atoms with Gasteiger partial charge < -0.3 is 9.84 Å². The maximum absolute atomic E-state index is 10.9. The van der Waals surface area contributed by atoms with Crippen molar-refractivity contribution in [1.82, 2.24) is 0 Å². The number of hydrogen-bond acceptors (Lipinski definition) is 2. The molecular formula is C17H36O2. The third-order valence-corrected chi connectivity index (χ3v) is 3.90. The minimum atomic E-state index is -0.353. The standard InChI is InChI=1S/C17H36O2/c1-14(2,3)11-15(4,5)13(18)16(6,7)12-17(8,9)19-10/h13,18H,11-12H2,1-10H3. The highest BCUT2D eigenvalue weighted by Crippen LogP contribution is 2.45. The van der Waals surface area contributed by atoms with Crippen LogP contribution in [0.25, 0.3) is 0 Å². The lowest BCUT2D eigenvalue weighted by molar-refractivity contribution is -0.0979. The van der Waals surface area contributed by atoms with E-state index >= 15 is 0 Å². The topological polar surface area (TPSA) is 29.5 Å². The average Bonchev–Trinajstić information content (AvgIpc) is 2.11. The molecule has 0 saturated carbocycles. The molecule has 0 aromatic heterocycles. The molecule has 0 saturated heterocycles. The summed E-state index contributed by atoms with van der Waals surface area (Å²) in [5.41, 5.74) is -0.264.